The summed E-state index contributed by atoms with van der Waals surface area (Å²) >= 11 is 5.93. The van der Waals surface area contributed by atoms with Gasteiger partial charge in [-0.3, -0.25) is 14.8 Å². The minimum absolute atomic E-state index is 0.0960. The lowest BCUT2D eigenvalue weighted by atomic mass is 10.1. The highest BCUT2D eigenvalue weighted by Crippen LogP contribution is 2.36. The minimum atomic E-state index is -4.90. The molecule has 2 heterocycles. The first kappa shape index (κ1) is 32.1. The molecule has 0 fully saturated rings. The van der Waals surface area contributed by atoms with Gasteiger partial charge in [0.15, 0.2) is 5.78 Å². The van der Waals surface area contributed by atoms with Crippen molar-refractivity contribution in [2.24, 2.45) is 5.73 Å². The van der Waals surface area contributed by atoms with E-state index in [1.807, 2.05) is 0 Å². The Balaban J connectivity index is 0.000000271. The Hall–Kier alpha value is -4.38. The van der Waals surface area contributed by atoms with Gasteiger partial charge in [-0.1, -0.05) is 29.8 Å². The molecule has 4 rings (SSSR count). The fourth-order valence-corrected chi connectivity index (χ4v) is 3.98. The lowest BCUT2D eigenvalue weighted by molar-refractivity contribution is -0.0933. The highest BCUT2D eigenvalue weighted by Gasteiger charge is 2.38. The van der Waals surface area contributed by atoms with Crippen LogP contribution in [0.2, 0.25) is 5.02 Å². The van der Waals surface area contributed by atoms with Crippen LogP contribution in [-0.2, 0) is 0 Å². The van der Waals surface area contributed by atoms with Gasteiger partial charge in [-0.05, 0) is 67.5 Å². The molecule has 3 aromatic rings. The van der Waals surface area contributed by atoms with Gasteiger partial charge in [0, 0.05) is 53.7 Å². The van der Waals surface area contributed by atoms with Gasteiger partial charge in [0.1, 0.15) is 0 Å². The zero-order chi connectivity index (χ0) is 30.9. The molecule has 0 bridgehead atoms. The molecule has 2 aromatic heterocycles. The van der Waals surface area contributed by atoms with Crippen molar-refractivity contribution in [3.63, 3.8) is 0 Å². The summed E-state index contributed by atoms with van der Waals surface area (Å²) in [5.74, 6) is -0.103. The van der Waals surface area contributed by atoms with E-state index in [0.717, 1.165) is 12.2 Å². The number of rotatable bonds is 6. The van der Waals surface area contributed by atoms with Gasteiger partial charge >= 0.3 is 12.4 Å². The maximum Gasteiger partial charge on any atom is 0.416 e. The highest BCUT2D eigenvalue weighted by molar-refractivity contribution is 6.34. The van der Waals surface area contributed by atoms with Crippen molar-refractivity contribution in [1.82, 2.24) is 15.3 Å². The number of nitrogens with one attached hydrogen (secondary N) is 1. The van der Waals surface area contributed by atoms with Crippen molar-refractivity contribution in [2.75, 3.05) is 6.54 Å². The van der Waals surface area contributed by atoms with Crippen molar-refractivity contribution in [2.45, 2.75) is 25.7 Å². The maximum absolute atomic E-state index is 13.1. The number of alkyl halides is 6. The first-order valence-electron chi connectivity index (χ1n) is 12.3. The SMILES string of the molecule is C/C(N)=C(/NCC1=CC(C(F)(F)F)=CC(C(F)(F)F)=CC1)c1ccncc1.O=C(c1cccnc1)c1ccccc1Cl. The molecule has 0 unspecified atom stereocenters. The van der Waals surface area contributed by atoms with E-state index in [1.165, 1.54) is 18.6 Å². The molecule has 0 saturated heterocycles. The van der Waals surface area contributed by atoms with E-state index in [-0.39, 0.29) is 30.4 Å². The molecule has 1 aromatic carbocycles. The van der Waals surface area contributed by atoms with E-state index < -0.39 is 23.5 Å². The number of carbonyl (C=O) groups is 1. The molecule has 0 radical (unpaired) electrons. The van der Waals surface area contributed by atoms with Gasteiger partial charge in [-0.2, -0.15) is 26.3 Å². The number of pyridine rings is 2. The van der Waals surface area contributed by atoms with E-state index in [4.69, 9.17) is 17.3 Å². The van der Waals surface area contributed by atoms with Crippen molar-refractivity contribution in [1.29, 1.82) is 0 Å². The number of carbonyl (C=O) groups excluding carboxylic acids is 1. The van der Waals surface area contributed by atoms with Crippen LogP contribution in [0.15, 0.2) is 114 Å². The smallest absolute Gasteiger partial charge is 0.401 e. The molecule has 0 aliphatic heterocycles. The van der Waals surface area contributed by atoms with Crippen LogP contribution < -0.4 is 11.1 Å². The van der Waals surface area contributed by atoms with E-state index in [0.29, 0.717) is 33.1 Å². The van der Waals surface area contributed by atoms with E-state index >= 15 is 0 Å². The second-order valence-corrected chi connectivity index (χ2v) is 9.37. The predicted molar refractivity (Wildman–Crippen MR) is 149 cm³/mol. The average molecular weight is 607 g/mol. The second kappa shape index (κ2) is 14.0. The zero-order valence-electron chi connectivity index (χ0n) is 22.1. The summed E-state index contributed by atoms with van der Waals surface area (Å²) in [6.45, 7) is 1.51. The van der Waals surface area contributed by atoms with Gasteiger partial charge < -0.3 is 11.1 Å². The lowest BCUT2D eigenvalue weighted by Gasteiger charge is -2.15. The molecule has 0 saturated carbocycles. The molecule has 1 aliphatic carbocycles. The largest absolute Gasteiger partial charge is 0.416 e. The monoisotopic (exact) mass is 606 g/mol. The van der Waals surface area contributed by atoms with Gasteiger partial charge in [0.05, 0.1) is 21.9 Å². The van der Waals surface area contributed by atoms with Crippen LogP contribution in [0.1, 0.15) is 34.8 Å². The van der Waals surface area contributed by atoms with Crippen molar-refractivity contribution < 1.29 is 31.1 Å². The molecule has 5 nitrogen and oxygen atoms in total. The van der Waals surface area contributed by atoms with Gasteiger partial charge in [-0.15, -0.1) is 0 Å². The molecular formula is C30H25ClF6N4O. The summed E-state index contributed by atoms with van der Waals surface area (Å²) in [7, 11) is 0. The first-order valence-corrected chi connectivity index (χ1v) is 12.7. The Bertz CT molecular complexity index is 1510. The Kier molecular flexibility index (Phi) is 10.7. The number of aromatic nitrogens is 2. The van der Waals surface area contributed by atoms with Crippen LogP contribution in [0.4, 0.5) is 26.3 Å². The first-order chi connectivity index (χ1) is 19.8. The third-order valence-electron chi connectivity index (χ3n) is 5.81. The van der Waals surface area contributed by atoms with Gasteiger partial charge in [-0.25, -0.2) is 0 Å². The summed E-state index contributed by atoms with van der Waals surface area (Å²) in [6.07, 6.45) is -2.21. The minimum Gasteiger partial charge on any atom is -0.401 e. The molecule has 1 aliphatic rings. The van der Waals surface area contributed by atoms with E-state index in [2.05, 4.69) is 15.3 Å². The number of nitrogens with two attached hydrogens (primary N) is 1. The average Bonchev–Trinajstić information content (AvgIpc) is 3.18. The van der Waals surface area contributed by atoms with Gasteiger partial charge in [0.25, 0.3) is 0 Å². The van der Waals surface area contributed by atoms with Gasteiger partial charge in [0.2, 0.25) is 0 Å². The second-order valence-electron chi connectivity index (χ2n) is 8.96. The standard InChI is InChI=1S/C18H17F6N3.C12H8ClNO/c1-11(25)16(13-4-6-26-7-5-13)27-10-12-2-3-14(17(19,20)21)9-15(8-12)18(22,23)24;13-11-6-2-1-5-10(11)12(15)9-4-3-7-14-8-9/h3-9,27H,2,10,25H2,1H3;1-8H/b16-11-;. The summed E-state index contributed by atoms with van der Waals surface area (Å²) in [5, 5.41) is 3.38. The molecule has 0 spiro atoms. The molecule has 220 valence electrons. The number of hydrogen-bond donors (Lipinski definition) is 2. The van der Waals surface area contributed by atoms with Crippen LogP contribution in [0, 0.1) is 0 Å². The Morgan fingerprint density at radius 1 is 0.881 bits per heavy atom. The summed E-state index contributed by atoms with van der Waals surface area (Å²) < 4.78 is 78.0. The Morgan fingerprint density at radius 2 is 1.55 bits per heavy atom. The number of halogens is 7. The Morgan fingerprint density at radius 3 is 2.12 bits per heavy atom. The summed E-state index contributed by atoms with van der Waals surface area (Å²) in [4.78, 5) is 19.7. The number of hydrogen-bond acceptors (Lipinski definition) is 5. The third kappa shape index (κ3) is 9.07. The zero-order valence-corrected chi connectivity index (χ0v) is 22.9. The number of allylic oxidation sites excluding steroid dienone is 6. The van der Waals surface area contributed by atoms with E-state index in [1.54, 1.807) is 61.7 Å². The van der Waals surface area contributed by atoms with E-state index in [9.17, 15) is 31.1 Å². The van der Waals surface area contributed by atoms with Crippen molar-refractivity contribution in [3.8, 4) is 0 Å². The molecule has 0 amide bonds. The summed E-state index contributed by atoms with van der Waals surface area (Å²) in [5.41, 5.74) is 5.87. The van der Waals surface area contributed by atoms with Crippen LogP contribution in [0.5, 0.6) is 0 Å². The predicted octanol–water partition coefficient (Wildman–Crippen LogP) is 7.59. The fraction of sp³-hybridized carbons (Fsp3) is 0.167. The molecule has 3 N–H and O–H groups in total. The maximum atomic E-state index is 13.1. The summed E-state index contributed by atoms with van der Waals surface area (Å²) in [6, 6.07) is 13.7. The quantitative estimate of drug-likeness (QED) is 0.223. The van der Waals surface area contributed by atoms with Crippen LogP contribution >= 0.6 is 11.6 Å². The van der Waals surface area contributed by atoms with Crippen LogP contribution in [0.3, 0.4) is 0 Å². The normalized spacial score (nSPS) is 14.2. The number of benzene rings is 1. The number of nitrogens with zero attached hydrogens (tertiary/aromatic N) is 2. The fourth-order valence-electron chi connectivity index (χ4n) is 3.76. The number of ketones is 1. The molecule has 42 heavy (non-hydrogen) atoms. The van der Waals surface area contributed by atoms with Crippen molar-refractivity contribution in [3.05, 3.63) is 136 Å². The third-order valence-corrected chi connectivity index (χ3v) is 6.14. The van der Waals surface area contributed by atoms with Crippen LogP contribution in [0.25, 0.3) is 5.70 Å². The molecular weight excluding hydrogens is 582 g/mol. The van der Waals surface area contributed by atoms with Crippen molar-refractivity contribution >= 4 is 23.1 Å². The molecule has 0 atom stereocenters. The topological polar surface area (TPSA) is 80.9 Å². The van der Waals surface area contributed by atoms with Crippen LogP contribution in [-0.4, -0.2) is 34.6 Å². The lowest BCUT2D eigenvalue weighted by Crippen LogP contribution is -2.20. The highest BCUT2D eigenvalue weighted by atomic mass is 35.5. The molecule has 12 heteroatoms. The Labute approximate surface area is 243 Å².